The van der Waals surface area contributed by atoms with Gasteiger partial charge in [-0.15, -0.1) is 5.10 Å². The average molecular weight is 377 g/mol. The maximum absolute atomic E-state index is 11.9. The Labute approximate surface area is 151 Å². The molecule has 1 aromatic carbocycles. The lowest BCUT2D eigenvalue weighted by Crippen LogP contribution is -2.33. The molecule has 0 radical (unpaired) electrons. The standard InChI is InChI=1S/C16H19N5O4S/c1-21(11-7-8-26(23,24)10-11)14-9-17-20-16(19-14)18-13-6-4-3-5-12(13)15(22)25-2/h3-6,9,11H,7-8,10H2,1-2H3,(H,18,19,20). The number of hydrogen-bond acceptors (Lipinski definition) is 9. The third-order valence-electron chi connectivity index (χ3n) is 4.24. The van der Waals surface area contributed by atoms with Crippen LogP contribution in [0.5, 0.6) is 0 Å². The highest BCUT2D eigenvalue weighted by molar-refractivity contribution is 7.91. The number of benzene rings is 1. The molecule has 3 rings (SSSR count). The molecular formula is C16H19N5O4S. The van der Waals surface area contributed by atoms with Crippen LogP contribution in [-0.2, 0) is 14.6 Å². The third-order valence-corrected chi connectivity index (χ3v) is 5.99. The van der Waals surface area contributed by atoms with Gasteiger partial charge in [0, 0.05) is 13.1 Å². The number of esters is 1. The van der Waals surface area contributed by atoms with E-state index in [1.807, 2.05) is 0 Å². The number of sulfone groups is 1. The van der Waals surface area contributed by atoms with E-state index in [1.165, 1.54) is 13.3 Å². The molecule has 0 bridgehead atoms. The number of aromatic nitrogens is 3. The van der Waals surface area contributed by atoms with Crippen molar-refractivity contribution >= 4 is 33.3 Å². The number of methoxy groups -OCH3 is 1. The molecule has 1 fully saturated rings. The third kappa shape index (κ3) is 3.90. The summed E-state index contributed by atoms with van der Waals surface area (Å²) in [5, 5.41) is 10.8. The van der Waals surface area contributed by atoms with Crippen molar-refractivity contribution in [1.82, 2.24) is 15.2 Å². The van der Waals surface area contributed by atoms with E-state index in [1.54, 1.807) is 36.2 Å². The van der Waals surface area contributed by atoms with E-state index in [9.17, 15) is 13.2 Å². The fourth-order valence-electron chi connectivity index (χ4n) is 2.79. The van der Waals surface area contributed by atoms with Crippen molar-refractivity contribution in [3.63, 3.8) is 0 Å². The number of nitrogens with zero attached hydrogens (tertiary/aromatic N) is 4. The van der Waals surface area contributed by atoms with Crippen LogP contribution in [0, 0.1) is 0 Å². The zero-order valence-corrected chi connectivity index (χ0v) is 15.2. The SMILES string of the molecule is COC(=O)c1ccccc1Nc1nncc(N(C)C2CCS(=O)(=O)C2)n1. The quantitative estimate of drug-likeness (QED) is 0.763. The summed E-state index contributed by atoms with van der Waals surface area (Å²) < 4.78 is 28.1. The van der Waals surface area contributed by atoms with Gasteiger partial charge in [-0.3, -0.25) is 0 Å². The zero-order valence-electron chi connectivity index (χ0n) is 14.4. The molecule has 1 N–H and O–H groups in total. The van der Waals surface area contributed by atoms with E-state index < -0.39 is 15.8 Å². The van der Waals surface area contributed by atoms with Crippen LogP contribution in [0.4, 0.5) is 17.5 Å². The van der Waals surface area contributed by atoms with Crippen LogP contribution in [0.3, 0.4) is 0 Å². The average Bonchev–Trinajstić information content (AvgIpc) is 3.01. The van der Waals surface area contributed by atoms with E-state index in [-0.39, 0.29) is 23.5 Å². The Balaban J connectivity index is 1.81. The van der Waals surface area contributed by atoms with Crippen LogP contribution in [0.1, 0.15) is 16.8 Å². The Morgan fingerprint density at radius 1 is 1.35 bits per heavy atom. The monoisotopic (exact) mass is 377 g/mol. The summed E-state index contributed by atoms with van der Waals surface area (Å²) in [5.41, 5.74) is 0.837. The van der Waals surface area contributed by atoms with Gasteiger partial charge in [0.1, 0.15) is 0 Å². The largest absolute Gasteiger partial charge is 0.465 e. The summed E-state index contributed by atoms with van der Waals surface area (Å²) in [5.74, 6) is 0.497. The number of hydrogen-bond donors (Lipinski definition) is 1. The second-order valence-electron chi connectivity index (χ2n) is 5.97. The number of ether oxygens (including phenoxy) is 1. The van der Waals surface area contributed by atoms with Crippen molar-refractivity contribution in [2.24, 2.45) is 0 Å². The highest BCUT2D eigenvalue weighted by Gasteiger charge is 2.31. The summed E-state index contributed by atoms with van der Waals surface area (Å²) in [6, 6.07) is 6.67. The molecule has 1 aliphatic rings. The highest BCUT2D eigenvalue weighted by Crippen LogP contribution is 2.23. The fraction of sp³-hybridized carbons (Fsp3) is 0.375. The van der Waals surface area contributed by atoms with Crippen molar-refractivity contribution in [2.75, 3.05) is 35.9 Å². The number of nitrogens with one attached hydrogen (secondary N) is 1. The predicted molar refractivity (Wildman–Crippen MR) is 96.4 cm³/mol. The Hall–Kier alpha value is -2.75. The minimum atomic E-state index is -3.00. The molecule has 1 saturated heterocycles. The van der Waals surface area contributed by atoms with Gasteiger partial charge in [-0.2, -0.15) is 10.1 Å². The van der Waals surface area contributed by atoms with Crippen LogP contribution in [0.25, 0.3) is 0 Å². The maximum atomic E-state index is 11.9. The lowest BCUT2D eigenvalue weighted by atomic mass is 10.2. The molecule has 1 unspecified atom stereocenters. The summed E-state index contributed by atoms with van der Waals surface area (Å²) in [6.07, 6.45) is 2.03. The fourth-order valence-corrected chi connectivity index (χ4v) is 4.56. The van der Waals surface area contributed by atoms with E-state index in [2.05, 4.69) is 20.5 Å². The topological polar surface area (TPSA) is 114 Å². The van der Waals surface area contributed by atoms with Crippen molar-refractivity contribution in [2.45, 2.75) is 12.5 Å². The van der Waals surface area contributed by atoms with Gasteiger partial charge in [-0.1, -0.05) is 12.1 Å². The number of para-hydroxylation sites is 1. The van der Waals surface area contributed by atoms with Gasteiger partial charge in [0.15, 0.2) is 15.7 Å². The number of rotatable bonds is 5. The lowest BCUT2D eigenvalue weighted by Gasteiger charge is -2.24. The normalized spacial score (nSPS) is 18.3. The molecule has 2 heterocycles. The molecule has 0 saturated carbocycles. The Kier molecular flexibility index (Phi) is 5.03. The lowest BCUT2D eigenvalue weighted by molar-refractivity contribution is 0.0602. The zero-order chi connectivity index (χ0) is 18.7. The van der Waals surface area contributed by atoms with Crippen molar-refractivity contribution in [3.8, 4) is 0 Å². The second-order valence-corrected chi connectivity index (χ2v) is 8.20. The van der Waals surface area contributed by atoms with Gasteiger partial charge in [0.05, 0.1) is 36.1 Å². The molecule has 0 spiro atoms. The molecule has 2 aromatic rings. The van der Waals surface area contributed by atoms with Gasteiger partial charge in [-0.25, -0.2) is 13.2 Å². The number of carbonyl (C=O) groups is 1. The van der Waals surface area contributed by atoms with Crippen molar-refractivity contribution in [1.29, 1.82) is 0 Å². The Morgan fingerprint density at radius 3 is 2.81 bits per heavy atom. The first kappa shape index (κ1) is 18.1. The molecule has 1 aromatic heterocycles. The minimum Gasteiger partial charge on any atom is -0.465 e. The molecule has 0 aliphatic carbocycles. The van der Waals surface area contributed by atoms with Gasteiger partial charge in [-0.05, 0) is 18.6 Å². The van der Waals surface area contributed by atoms with Gasteiger partial charge < -0.3 is 15.0 Å². The Bertz CT molecular complexity index is 918. The van der Waals surface area contributed by atoms with Gasteiger partial charge in [0.2, 0.25) is 5.95 Å². The number of carbonyl (C=O) groups excluding carboxylic acids is 1. The van der Waals surface area contributed by atoms with Crippen LogP contribution in [0.15, 0.2) is 30.5 Å². The van der Waals surface area contributed by atoms with E-state index in [0.29, 0.717) is 23.5 Å². The van der Waals surface area contributed by atoms with Gasteiger partial charge >= 0.3 is 5.97 Å². The molecule has 26 heavy (non-hydrogen) atoms. The summed E-state index contributed by atoms with van der Waals surface area (Å²) in [4.78, 5) is 18.0. The predicted octanol–water partition coefficient (Wildman–Crippen LogP) is 1.03. The van der Waals surface area contributed by atoms with E-state index in [0.717, 1.165) is 0 Å². The number of anilines is 3. The first-order valence-corrected chi connectivity index (χ1v) is 9.79. The summed E-state index contributed by atoms with van der Waals surface area (Å²) in [6.45, 7) is 0. The van der Waals surface area contributed by atoms with Crippen LogP contribution in [0.2, 0.25) is 0 Å². The first-order valence-electron chi connectivity index (χ1n) is 7.97. The van der Waals surface area contributed by atoms with Crippen LogP contribution in [-0.4, -0.2) is 61.3 Å². The minimum absolute atomic E-state index is 0.0986. The molecule has 9 nitrogen and oxygen atoms in total. The summed E-state index contributed by atoms with van der Waals surface area (Å²) >= 11 is 0. The molecule has 138 valence electrons. The first-order chi connectivity index (χ1) is 12.4. The van der Waals surface area contributed by atoms with Crippen LogP contribution >= 0.6 is 0 Å². The second kappa shape index (κ2) is 7.24. The molecule has 0 amide bonds. The summed E-state index contributed by atoms with van der Waals surface area (Å²) in [7, 11) is 0.0897. The van der Waals surface area contributed by atoms with E-state index in [4.69, 9.17) is 4.74 Å². The molecule has 10 heteroatoms. The molecule has 1 atom stereocenters. The molecular weight excluding hydrogens is 358 g/mol. The van der Waals surface area contributed by atoms with Crippen molar-refractivity contribution < 1.29 is 17.9 Å². The van der Waals surface area contributed by atoms with Gasteiger partial charge in [0.25, 0.3) is 0 Å². The highest BCUT2D eigenvalue weighted by atomic mass is 32.2. The van der Waals surface area contributed by atoms with E-state index >= 15 is 0 Å². The Morgan fingerprint density at radius 2 is 2.12 bits per heavy atom. The maximum Gasteiger partial charge on any atom is 0.339 e. The smallest absolute Gasteiger partial charge is 0.339 e. The van der Waals surface area contributed by atoms with Crippen LogP contribution < -0.4 is 10.2 Å². The molecule has 1 aliphatic heterocycles. The van der Waals surface area contributed by atoms with Crippen molar-refractivity contribution in [3.05, 3.63) is 36.0 Å².